The van der Waals surface area contributed by atoms with Crippen molar-refractivity contribution in [2.24, 2.45) is 28.2 Å². The number of H-pyrrole nitrogens is 1. The minimum atomic E-state index is -0.955. The second-order valence-electron chi connectivity index (χ2n) is 16.6. The predicted molar refractivity (Wildman–Crippen MR) is 276 cm³/mol. The van der Waals surface area contributed by atoms with Crippen molar-refractivity contribution in [2.75, 3.05) is 13.2 Å². The first kappa shape index (κ1) is 55.2. The first-order valence-corrected chi connectivity index (χ1v) is 24.7. The van der Waals surface area contributed by atoms with Crippen LogP contribution in [-0.4, -0.2) is 93.8 Å². The lowest BCUT2D eigenvalue weighted by molar-refractivity contribution is -0.124. The first-order chi connectivity index (χ1) is 31.3. The fraction of sp³-hybridized carbons (Fsp3) is 0.455. The number of aliphatic hydroxyl groups is 2. The Kier molecular flexibility index (Phi) is 19.2. The Hall–Kier alpha value is -4.39. The van der Waals surface area contributed by atoms with Gasteiger partial charge in [0.25, 0.3) is 11.1 Å². The van der Waals surface area contributed by atoms with E-state index in [9.17, 15) is 33.9 Å². The van der Waals surface area contributed by atoms with Gasteiger partial charge in [0, 0.05) is 37.1 Å². The SMILES string of the molecule is CCC(CO)NC(=O)C(C)(C)Br.CCC(CO)NC(=O)C(C)(C)Sc1nc2c(c(=O)n(C)c(=O)n2C)n1Cc1cccc(Br)c1.Cn1c(=O)c2c([nH]c(=S)n2Cc2cccc(Br)c2)n(C)c1=O. The number of hydrogen-bond acceptors (Lipinski definition) is 11. The zero-order chi connectivity index (χ0) is 50.3. The number of nitrogens with zero attached hydrogens (tertiary/aromatic N) is 7. The number of hydrogen-bond donors (Lipinski definition) is 5. The highest BCUT2D eigenvalue weighted by atomic mass is 79.9. The van der Waals surface area contributed by atoms with Crippen LogP contribution >= 0.6 is 71.8 Å². The third kappa shape index (κ3) is 13.2. The van der Waals surface area contributed by atoms with Crippen molar-refractivity contribution in [3.63, 3.8) is 0 Å². The summed E-state index contributed by atoms with van der Waals surface area (Å²) in [5.41, 5.74) is 1.65. The number of alkyl halides is 1. The maximum atomic E-state index is 13.1. The van der Waals surface area contributed by atoms with E-state index in [1.807, 2.05) is 62.4 Å². The zero-order valence-corrected chi connectivity index (χ0v) is 45.3. The fourth-order valence-corrected chi connectivity index (χ4v) is 8.73. The lowest BCUT2D eigenvalue weighted by Crippen LogP contribution is -2.46. The van der Waals surface area contributed by atoms with E-state index in [4.69, 9.17) is 17.3 Å². The average molecular weight is 1160 g/mol. The summed E-state index contributed by atoms with van der Waals surface area (Å²) in [6.07, 6.45) is 1.34. The zero-order valence-electron chi connectivity index (χ0n) is 38.9. The lowest BCUT2D eigenvalue weighted by atomic mass is 10.1. The standard InChI is InChI=1S/C22H28BrN5O4S.C14H13BrN4O2S.C8H16BrNO2/c1-6-15(12-29)24-19(31)22(2,3)33-20-25-17-16(18(30)27(5)21(32)26(17)4)28(20)11-13-8-7-9-14(23)10-13;1-17-11-10(12(20)18(2)14(17)21)19(13(22)16-11)7-8-4-3-5-9(15)6-8;1-4-6(5-11)10-7(12)8(2,3)9/h7-10,15,29H,6,11-12H2,1-5H3,(H,24,31);3-6H,7H2,1-2H3,(H,16,22);6,11H,4-5H2,1-3H3,(H,10,12). The number of rotatable bonds is 14. The lowest BCUT2D eigenvalue weighted by Gasteiger charge is -2.25. The summed E-state index contributed by atoms with van der Waals surface area (Å²) >= 11 is 16.7. The minimum Gasteiger partial charge on any atom is -0.394 e. The van der Waals surface area contributed by atoms with Gasteiger partial charge in [-0.15, -0.1) is 0 Å². The highest BCUT2D eigenvalue weighted by Gasteiger charge is 2.34. The number of aromatic amines is 1. The molecule has 6 rings (SSSR count). The van der Waals surface area contributed by atoms with Crippen LogP contribution in [-0.2, 0) is 50.9 Å². The van der Waals surface area contributed by atoms with E-state index in [2.05, 4.69) is 68.4 Å². The van der Waals surface area contributed by atoms with Crippen LogP contribution in [0.25, 0.3) is 22.3 Å². The van der Waals surface area contributed by atoms with E-state index >= 15 is 0 Å². The second kappa shape index (κ2) is 23.3. The minimum absolute atomic E-state index is 0.00861. The van der Waals surface area contributed by atoms with Crippen molar-refractivity contribution in [3.05, 3.63) is 115 Å². The van der Waals surface area contributed by atoms with Crippen LogP contribution in [0.15, 0.2) is 81.8 Å². The van der Waals surface area contributed by atoms with Gasteiger partial charge in [-0.3, -0.25) is 37.4 Å². The van der Waals surface area contributed by atoms with Gasteiger partial charge in [-0.1, -0.05) is 97.7 Å². The molecule has 0 radical (unpaired) electrons. The second-order valence-corrected chi connectivity index (χ2v) is 22.4. The third-order valence-electron chi connectivity index (χ3n) is 10.7. The normalized spacial score (nSPS) is 12.5. The molecule has 23 heteroatoms. The summed E-state index contributed by atoms with van der Waals surface area (Å²) < 4.78 is 9.09. The van der Waals surface area contributed by atoms with Gasteiger partial charge >= 0.3 is 11.4 Å². The Morgan fingerprint density at radius 3 is 1.67 bits per heavy atom. The topological polar surface area (TPSA) is 225 Å². The Labute approximate surface area is 421 Å². The molecule has 4 aromatic heterocycles. The summed E-state index contributed by atoms with van der Waals surface area (Å²) in [6.45, 7) is 11.5. The number of halogens is 3. The molecule has 2 amide bonds. The summed E-state index contributed by atoms with van der Waals surface area (Å²) in [4.78, 5) is 81.8. The van der Waals surface area contributed by atoms with Gasteiger partial charge in [-0.05, 0) is 88.1 Å². The molecule has 0 saturated heterocycles. The van der Waals surface area contributed by atoms with Gasteiger partial charge in [0.15, 0.2) is 26.6 Å². The van der Waals surface area contributed by atoms with Crippen molar-refractivity contribution >= 4 is 106 Å². The molecule has 364 valence electrons. The monoisotopic (exact) mass is 1150 g/mol. The molecule has 0 aliphatic rings. The summed E-state index contributed by atoms with van der Waals surface area (Å²) in [6, 6.07) is 15.0. The maximum absolute atomic E-state index is 13.1. The fourth-order valence-electron chi connectivity index (χ4n) is 6.47. The molecule has 0 bridgehead atoms. The van der Waals surface area contributed by atoms with E-state index in [0.29, 0.717) is 46.1 Å². The molecule has 5 N–H and O–H groups in total. The molecule has 0 fully saturated rings. The van der Waals surface area contributed by atoms with Crippen LogP contribution in [0.3, 0.4) is 0 Å². The Morgan fingerprint density at radius 1 is 0.746 bits per heavy atom. The van der Waals surface area contributed by atoms with E-state index < -0.39 is 20.3 Å². The molecular formula is C44H57Br3N10O8S2. The largest absolute Gasteiger partial charge is 0.394 e. The molecule has 0 aliphatic heterocycles. The highest BCUT2D eigenvalue weighted by molar-refractivity contribution is 9.11. The molecule has 0 spiro atoms. The van der Waals surface area contributed by atoms with E-state index in [-0.39, 0.29) is 54.0 Å². The van der Waals surface area contributed by atoms with Crippen molar-refractivity contribution in [1.82, 2.24) is 48.0 Å². The van der Waals surface area contributed by atoms with Crippen LogP contribution in [0.2, 0.25) is 0 Å². The molecule has 67 heavy (non-hydrogen) atoms. The number of carbonyl (C=O) groups excluding carboxylic acids is 2. The quantitative estimate of drug-likeness (QED) is 0.0557. The number of imidazole rings is 2. The average Bonchev–Trinajstić information content (AvgIpc) is 3.79. The number of fused-ring (bicyclic) bond motifs is 2. The molecular weight excluding hydrogens is 1100 g/mol. The van der Waals surface area contributed by atoms with Gasteiger partial charge in [0.2, 0.25) is 11.8 Å². The number of benzene rings is 2. The molecule has 0 saturated carbocycles. The van der Waals surface area contributed by atoms with Crippen molar-refractivity contribution < 1.29 is 19.8 Å². The number of nitrogens with one attached hydrogen (secondary N) is 3. The van der Waals surface area contributed by atoms with Gasteiger partial charge in [0.05, 0.1) is 47.5 Å². The Bertz CT molecular complexity index is 3060. The third-order valence-corrected chi connectivity index (χ3v) is 13.5. The van der Waals surface area contributed by atoms with Crippen molar-refractivity contribution in [2.45, 2.75) is 93.8 Å². The van der Waals surface area contributed by atoms with Crippen LogP contribution in [0.4, 0.5) is 0 Å². The Balaban J connectivity index is 0.000000247. The maximum Gasteiger partial charge on any atom is 0.332 e. The molecule has 0 aliphatic carbocycles. The van der Waals surface area contributed by atoms with E-state index in [0.717, 1.165) is 35.6 Å². The number of aliphatic hydroxyl groups excluding tert-OH is 2. The number of aryl methyl sites for hydroxylation is 2. The van der Waals surface area contributed by atoms with Gasteiger partial charge in [-0.2, -0.15) is 0 Å². The summed E-state index contributed by atoms with van der Waals surface area (Å²) in [7, 11) is 6.08. The molecule has 18 nitrogen and oxygen atoms in total. The van der Waals surface area contributed by atoms with Crippen LogP contribution in [0.5, 0.6) is 0 Å². The predicted octanol–water partition coefficient (Wildman–Crippen LogP) is 4.96. The van der Waals surface area contributed by atoms with Crippen LogP contribution in [0.1, 0.15) is 65.5 Å². The van der Waals surface area contributed by atoms with E-state index in [1.54, 1.807) is 50.9 Å². The number of thioether (sulfide) groups is 1. The molecule has 6 aromatic rings. The smallest absolute Gasteiger partial charge is 0.332 e. The summed E-state index contributed by atoms with van der Waals surface area (Å²) in [5.74, 6) is -0.348. The van der Waals surface area contributed by atoms with Crippen LogP contribution in [0, 0.1) is 4.77 Å². The Morgan fingerprint density at radius 2 is 1.21 bits per heavy atom. The van der Waals surface area contributed by atoms with Gasteiger partial charge in [-0.25, -0.2) is 14.6 Å². The number of aromatic nitrogens is 8. The number of carbonyl (C=O) groups is 2. The molecule has 2 aromatic carbocycles. The van der Waals surface area contributed by atoms with Crippen molar-refractivity contribution in [1.29, 1.82) is 0 Å². The summed E-state index contributed by atoms with van der Waals surface area (Å²) in [5, 5.41) is 24.3. The highest BCUT2D eigenvalue weighted by Crippen LogP contribution is 2.34. The van der Waals surface area contributed by atoms with Gasteiger partial charge < -0.3 is 35.0 Å². The number of amides is 2. The first-order valence-electron chi connectivity index (χ1n) is 21.1. The van der Waals surface area contributed by atoms with Gasteiger partial charge in [0.1, 0.15) is 5.65 Å². The van der Waals surface area contributed by atoms with E-state index in [1.165, 1.54) is 35.0 Å². The molecule has 4 heterocycles. The van der Waals surface area contributed by atoms with Crippen LogP contribution < -0.4 is 33.1 Å². The molecule has 2 unspecified atom stereocenters. The van der Waals surface area contributed by atoms with Crippen molar-refractivity contribution in [3.8, 4) is 0 Å². The molecule has 2 atom stereocenters.